The number of nitrogens with one attached hydrogen (secondary N) is 1. The number of carbonyl (C=O) groups excluding carboxylic acids is 4. The molecule has 0 saturated heterocycles. The standard InChI is InChI=1S/C26H29NO7/c1-4-32-26(31)23(19(3)28)24(18(2)25(30)34-17-21-13-9-6-10-14-21)27-15-22(29)33-16-20-11-7-5-8-12-20/h5-14,18,27H,4,15-17H2,1-3H3. The van der Waals surface area contributed by atoms with E-state index >= 15 is 0 Å². The first-order valence-electron chi connectivity index (χ1n) is 10.9. The van der Waals surface area contributed by atoms with Crippen molar-refractivity contribution in [2.75, 3.05) is 13.2 Å². The van der Waals surface area contributed by atoms with Gasteiger partial charge in [0, 0.05) is 5.70 Å². The van der Waals surface area contributed by atoms with Crippen molar-refractivity contribution in [3.8, 4) is 0 Å². The monoisotopic (exact) mass is 467 g/mol. The second-order valence-corrected chi connectivity index (χ2v) is 7.38. The second-order valence-electron chi connectivity index (χ2n) is 7.38. The second kappa shape index (κ2) is 13.6. The van der Waals surface area contributed by atoms with Gasteiger partial charge in [0.1, 0.15) is 25.3 Å². The van der Waals surface area contributed by atoms with E-state index in [0.29, 0.717) is 0 Å². The van der Waals surface area contributed by atoms with Crippen LogP contribution in [0.2, 0.25) is 0 Å². The lowest BCUT2D eigenvalue weighted by atomic mass is 9.99. The maximum atomic E-state index is 12.7. The Bertz CT molecular complexity index is 1020. The molecule has 1 N–H and O–H groups in total. The van der Waals surface area contributed by atoms with Crippen molar-refractivity contribution < 1.29 is 33.4 Å². The van der Waals surface area contributed by atoms with Crippen molar-refractivity contribution in [3.63, 3.8) is 0 Å². The summed E-state index contributed by atoms with van der Waals surface area (Å²) in [4.78, 5) is 49.8. The Morgan fingerprint density at radius 3 is 1.85 bits per heavy atom. The molecule has 8 nitrogen and oxygen atoms in total. The van der Waals surface area contributed by atoms with Crippen LogP contribution in [0.3, 0.4) is 0 Å². The van der Waals surface area contributed by atoms with Crippen LogP contribution in [0.1, 0.15) is 31.9 Å². The van der Waals surface area contributed by atoms with Gasteiger partial charge >= 0.3 is 17.9 Å². The fraction of sp³-hybridized carbons (Fsp3) is 0.308. The molecule has 8 heteroatoms. The first-order chi connectivity index (χ1) is 16.3. The predicted molar refractivity (Wildman–Crippen MR) is 124 cm³/mol. The molecule has 0 heterocycles. The van der Waals surface area contributed by atoms with Gasteiger partial charge in [-0.25, -0.2) is 4.79 Å². The minimum Gasteiger partial charge on any atom is -0.462 e. The zero-order valence-corrected chi connectivity index (χ0v) is 19.5. The molecule has 34 heavy (non-hydrogen) atoms. The van der Waals surface area contributed by atoms with Crippen LogP contribution in [-0.4, -0.2) is 36.8 Å². The number of Topliss-reactive ketones (excluding diaryl/α,β-unsaturated/α-hetero) is 1. The third-order valence-corrected chi connectivity index (χ3v) is 4.78. The summed E-state index contributed by atoms with van der Waals surface area (Å²) < 4.78 is 15.6. The van der Waals surface area contributed by atoms with Crippen LogP contribution in [-0.2, 0) is 46.6 Å². The van der Waals surface area contributed by atoms with Gasteiger partial charge in [0.05, 0.1) is 12.5 Å². The molecule has 1 atom stereocenters. The SMILES string of the molecule is CCOC(=O)C(C(C)=O)=C(NCC(=O)OCc1ccccc1)C(C)C(=O)OCc1ccccc1. The number of benzene rings is 2. The largest absolute Gasteiger partial charge is 0.462 e. The predicted octanol–water partition coefficient (Wildman–Crippen LogP) is 3.11. The van der Waals surface area contributed by atoms with Gasteiger partial charge < -0.3 is 19.5 Å². The van der Waals surface area contributed by atoms with E-state index in [0.717, 1.165) is 11.1 Å². The van der Waals surface area contributed by atoms with Gasteiger partial charge in [-0.3, -0.25) is 14.4 Å². The summed E-state index contributed by atoms with van der Waals surface area (Å²) in [6.07, 6.45) is 0. The number of hydrogen-bond donors (Lipinski definition) is 1. The number of ether oxygens (including phenoxy) is 3. The molecule has 0 saturated carbocycles. The lowest BCUT2D eigenvalue weighted by Crippen LogP contribution is -2.34. The summed E-state index contributed by atoms with van der Waals surface area (Å²) in [5.41, 5.74) is 1.19. The summed E-state index contributed by atoms with van der Waals surface area (Å²) in [5, 5.41) is 2.74. The molecule has 0 radical (unpaired) electrons. The van der Waals surface area contributed by atoms with Crippen molar-refractivity contribution >= 4 is 23.7 Å². The minimum absolute atomic E-state index is 0.0191. The van der Waals surface area contributed by atoms with Crippen LogP contribution in [0.15, 0.2) is 71.9 Å². The molecule has 2 rings (SSSR count). The van der Waals surface area contributed by atoms with Gasteiger partial charge in [-0.2, -0.15) is 0 Å². The summed E-state index contributed by atoms with van der Waals surface area (Å²) >= 11 is 0. The van der Waals surface area contributed by atoms with E-state index in [-0.39, 0.29) is 37.6 Å². The summed E-state index contributed by atoms with van der Waals surface area (Å²) in [6, 6.07) is 18.2. The van der Waals surface area contributed by atoms with E-state index in [1.807, 2.05) is 48.5 Å². The normalized spacial score (nSPS) is 12.1. The molecule has 0 aliphatic heterocycles. The minimum atomic E-state index is -1.05. The topological polar surface area (TPSA) is 108 Å². The Labute approximate surface area is 198 Å². The summed E-state index contributed by atoms with van der Waals surface area (Å²) in [6.45, 7) is 4.01. The van der Waals surface area contributed by atoms with E-state index in [4.69, 9.17) is 14.2 Å². The quantitative estimate of drug-likeness (QED) is 0.167. The van der Waals surface area contributed by atoms with Crippen LogP contribution in [0, 0.1) is 5.92 Å². The highest BCUT2D eigenvalue weighted by Crippen LogP contribution is 2.18. The van der Waals surface area contributed by atoms with Crippen LogP contribution < -0.4 is 5.32 Å². The first kappa shape index (κ1) is 26.3. The van der Waals surface area contributed by atoms with Gasteiger partial charge in [-0.05, 0) is 31.9 Å². The van der Waals surface area contributed by atoms with Crippen LogP contribution in [0.5, 0.6) is 0 Å². The molecule has 180 valence electrons. The summed E-state index contributed by atoms with van der Waals surface area (Å²) in [5.74, 6) is -3.85. The lowest BCUT2D eigenvalue weighted by molar-refractivity contribution is -0.149. The highest BCUT2D eigenvalue weighted by atomic mass is 16.5. The average Bonchev–Trinajstić information content (AvgIpc) is 2.84. The number of ketones is 1. The highest BCUT2D eigenvalue weighted by molar-refractivity contribution is 6.17. The third kappa shape index (κ3) is 8.20. The highest BCUT2D eigenvalue weighted by Gasteiger charge is 2.30. The Hall–Kier alpha value is -3.94. The fourth-order valence-corrected chi connectivity index (χ4v) is 3.03. The number of carbonyl (C=O) groups is 4. The zero-order chi connectivity index (χ0) is 24.9. The van der Waals surface area contributed by atoms with E-state index in [1.165, 1.54) is 13.8 Å². The van der Waals surface area contributed by atoms with E-state index < -0.39 is 29.6 Å². The van der Waals surface area contributed by atoms with E-state index in [1.54, 1.807) is 19.1 Å². The van der Waals surface area contributed by atoms with Crippen molar-refractivity contribution in [1.29, 1.82) is 0 Å². The van der Waals surface area contributed by atoms with Crippen molar-refractivity contribution in [2.24, 2.45) is 5.92 Å². The lowest BCUT2D eigenvalue weighted by Gasteiger charge is -2.20. The Morgan fingerprint density at radius 2 is 1.35 bits per heavy atom. The number of rotatable bonds is 12. The van der Waals surface area contributed by atoms with Gasteiger partial charge in [0.2, 0.25) is 0 Å². The van der Waals surface area contributed by atoms with Crippen molar-refractivity contribution in [2.45, 2.75) is 34.0 Å². The number of hydrogen-bond acceptors (Lipinski definition) is 8. The van der Waals surface area contributed by atoms with Crippen LogP contribution >= 0.6 is 0 Å². The zero-order valence-electron chi connectivity index (χ0n) is 19.5. The third-order valence-electron chi connectivity index (χ3n) is 4.78. The Kier molecular flexibility index (Phi) is 10.5. The van der Waals surface area contributed by atoms with Crippen LogP contribution in [0.25, 0.3) is 0 Å². The molecule has 1 unspecified atom stereocenters. The molecular formula is C26H29NO7. The Morgan fingerprint density at radius 1 is 0.824 bits per heavy atom. The molecule has 0 bridgehead atoms. The average molecular weight is 468 g/mol. The molecule has 0 fully saturated rings. The van der Waals surface area contributed by atoms with Gasteiger partial charge in [-0.1, -0.05) is 60.7 Å². The maximum absolute atomic E-state index is 12.7. The van der Waals surface area contributed by atoms with E-state index in [2.05, 4.69) is 5.32 Å². The van der Waals surface area contributed by atoms with Crippen molar-refractivity contribution in [3.05, 3.63) is 83.1 Å². The summed E-state index contributed by atoms with van der Waals surface area (Å²) in [7, 11) is 0. The molecule has 0 aliphatic carbocycles. The van der Waals surface area contributed by atoms with Crippen molar-refractivity contribution in [1.82, 2.24) is 5.32 Å². The molecule has 2 aromatic rings. The number of esters is 3. The maximum Gasteiger partial charge on any atom is 0.343 e. The van der Waals surface area contributed by atoms with E-state index in [9.17, 15) is 19.2 Å². The van der Waals surface area contributed by atoms with Crippen LogP contribution in [0.4, 0.5) is 0 Å². The van der Waals surface area contributed by atoms with Gasteiger partial charge in [0.25, 0.3) is 0 Å². The molecule has 0 spiro atoms. The Balaban J connectivity index is 2.16. The molecular weight excluding hydrogens is 438 g/mol. The molecule has 0 aromatic heterocycles. The van der Waals surface area contributed by atoms with Gasteiger partial charge in [-0.15, -0.1) is 0 Å². The smallest absolute Gasteiger partial charge is 0.343 e. The molecule has 0 amide bonds. The molecule has 2 aromatic carbocycles. The van der Waals surface area contributed by atoms with Gasteiger partial charge in [0.15, 0.2) is 5.78 Å². The fourth-order valence-electron chi connectivity index (χ4n) is 3.03. The molecule has 0 aliphatic rings. The first-order valence-corrected chi connectivity index (χ1v) is 10.9.